The van der Waals surface area contributed by atoms with Crippen LogP contribution in [-0.4, -0.2) is 43.9 Å². The maximum Gasteiger partial charge on any atom is 0.155 e. The number of hydrogen-bond acceptors (Lipinski definition) is 4. The molecule has 0 spiro atoms. The van der Waals surface area contributed by atoms with E-state index in [0.29, 0.717) is 48.4 Å². The lowest BCUT2D eigenvalue weighted by molar-refractivity contribution is -0.167. The average Bonchev–Trinajstić information content (AvgIpc) is 3.16. The molecule has 0 amide bonds. The number of allylic oxidation sites excluding steroid dienone is 1. The average molecular weight is 477 g/mol. The van der Waals surface area contributed by atoms with Gasteiger partial charge in [0.05, 0.1) is 18.8 Å². The molecular weight excluding hydrogens is 436 g/mol. The van der Waals surface area contributed by atoms with E-state index in [1.165, 1.54) is 24.0 Å². The van der Waals surface area contributed by atoms with E-state index in [9.17, 15) is 4.79 Å². The van der Waals surface area contributed by atoms with Crippen molar-refractivity contribution in [3.63, 3.8) is 0 Å². The Hall–Kier alpha value is -1.97. The lowest BCUT2D eigenvalue weighted by atomic mass is 9.46. The molecule has 188 valence electrons. The van der Waals surface area contributed by atoms with Crippen molar-refractivity contribution in [1.29, 1.82) is 0 Å². The third kappa shape index (κ3) is 4.09. The van der Waals surface area contributed by atoms with Crippen LogP contribution >= 0.6 is 0 Å². The highest BCUT2D eigenvalue weighted by atomic mass is 16.5. The van der Waals surface area contributed by atoms with Crippen molar-refractivity contribution in [1.82, 2.24) is 0 Å². The number of fused-ring (bicyclic) bond motifs is 5. The zero-order valence-electron chi connectivity index (χ0n) is 21.5. The molecular formula is C31H40O4. The quantitative estimate of drug-likeness (QED) is 0.534. The number of methoxy groups -OCH3 is 2. The van der Waals surface area contributed by atoms with Gasteiger partial charge in [-0.1, -0.05) is 36.8 Å². The van der Waals surface area contributed by atoms with Gasteiger partial charge in [-0.25, -0.2) is 0 Å². The minimum atomic E-state index is -0.244. The number of ether oxygens (including phenoxy) is 2. The minimum Gasteiger partial charge on any atom is -0.392 e. The van der Waals surface area contributed by atoms with E-state index in [4.69, 9.17) is 14.6 Å². The molecule has 7 atom stereocenters. The number of benzene rings is 1. The van der Waals surface area contributed by atoms with E-state index < -0.39 is 0 Å². The van der Waals surface area contributed by atoms with E-state index in [1.807, 2.05) is 19.3 Å². The molecule has 0 aliphatic heterocycles. The molecule has 1 aromatic rings. The molecule has 4 heteroatoms. The van der Waals surface area contributed by atoms with Crippen molar-refractivity contribution in [2.24, 2.45) is 29.1 Å². The fourth-order valence-electron chi connectivity index (χ4n) is 8.64. The van der Waals surface area contributed by atoms with Crippen molar-refractivity contribution >= 4 is 11.9 Å². The molecule has 0 bridgehead atoms. The Morgan fingerprint density at radius 3 is 2.63 bits per heavy atom. The highest BCUT2D eigenvalue weighted by molar-refractivity contribution is 5.91. The first-order chi connectivity index (χ1) is 17.0. The van der Waals surface area contributed by atoms with E-state index in [2.05, 4.69) is 36.9 Å². The molecule has 3 fully saturated rings. The Balaban J connectivity index is 1.56. The number of hydrogen-bond donors (Lipinski definition) is 1. The van der Waals surface area contributed by atoms with Crippen LogP contribution in [0.25, 0.3) is 6.08 Å². The summed E-state index contributed by atoms with van der Waals surface area (Å²) in [5.41, 5.74) is 6.75. The van der Waals surface area contributed by atoms with E-state index in [-0.39, 0.29) is 17.6 Å². The Labute approximate surface area is 210 Å². The van der Waals surface area contributed by atoms with Crippen LogP contribution in [0.4, 0.5) is 0 Å². The summed E-state index contributed by atoms with van der Waals surface area (Å²) in [5.74, 6) is 3.12. The lowest BCUT2D eigenvalue weighted by Crippen LogP contribution is -2.57. The van der Waals surface area contributed by atoms with Gasteiger partial charge in [-0.3, -0.25) is 4.79 Å². The van der Waals surface area contributed by atoms with Gasteiger partial charge in [0.25, 0.3) is 0 Å². The van der Waals surface area contributed by atoms with E-state index >= 15 is 0 Å². The maximum absolute atomic E-state index is 12.3. The predicted octanol–water partition coefficient (Wildman–Crippen LogP) is 5.71. The molecule has 5 rings (SSSR count). The van der Waals surface area contributed by atoms with Gasteiger partial charge in [0.1, 0.15) is 0 Å². The van der Waals surface area contributed by atoms with Gasteiger partial charge < -0.3 is 14.6 Å². The molecule has 1 aromatic carbocycles. The summed E-state index contributed by atoms with van der Waals surface area (Å²) in [6, 6.07) is 8.94. The standard InChI is InChI=1S/C31H40O4/c1-30-19-27(22-9-7-21(8-10-22)6-4-5-17-32)29-25-14-12-24(33)18-23(25)11-13-26(29)28(30)15-16-31(30,35-3)20-34-2/h5-10,18,25-29,32H,11-17,19-20H2,1-3H3/t4?,25?,26?,27-,28?,29?,30+,31-/m1/s1. The third-order valence-electron chi connectivity index (χ3n) is 10.2. The van der Waals surface area contributed by atoms with Gasteiger partial charge in [0.15, 0.2) is 5.78 Å². The van der Waals surface area contributed by atoms with Crippen LogP contribution in [0.2, 0.25) is 0 Å². The summed E-state index contributed by atoms with van der Waals surface area (Å²) in [4.78, 5) is 12.3. The molecule has 4 aliphatic carbocycles. The number of ketones is 1. The zero-order valence-corrected chi connectivity index (χ0v) is 21.5. The largest absolute Gasteiger partial charge is 0.392 e. The summed E-state index contributed by atoms with van der Waals surface area (Å²) in [5, 5.41) is 9.00. The zero-order chi connectivity index (χ0) is 24.6. The van der Waals surface area contributed by atoms with Crippen molar-refractivity contribution in [3.8, 4) is 0 Å². The van der Waals surface area contributed by atoms with Crippen LogP contribution in [0.5, 0.6) is 0 Å². The van der Waals surface area contributed by atoms with Gasteiger partial charge in [-0.15, -0.1) is 5.73 Å². The van der Waals surface area contributed by atoms with Crippen LogP contribution in [-0.2, 0) is 14.3 Å². The van der Waals surface area contributed by atoms with E-state index in [0.717, 1.165) is 31.2 Å². The van der Waals surface area contributed by atoms with Crippen LogP contribution < -0.4 is 0 Å². The third-order valence-corrected chi connectivity index (χ3v) is 10.2. The number of rotatable bonds is 6. The molecule has 0 saturated heterocycles. The number of carbonyl (C=O) groups is 1. The smallest absolute Gasteiger partial charge is 0.155 e. The Morgan fingerprint density at radius 2 is 1.91 bits per heavy atom. The summed E-state index contributed by atoms with van der Waals surface area (Å²) in [6.45, 7) is 3.12. The van der Waals surface area contributed by atoms with Gasteiger partial charge in [-0.2, -0.15) is 0 Å². The summed E-state index contributed by atoms with van der Waals surface area (Å²) >= 11 is 0. The van der Waals surface area contributed by atoms with E-state index in [1.54, 1.807) is 13.2 Å². The number of aliphatic hydroxyl groups excluding tert-OH is 1. The molecule has 0 heterocycles. The van der Waals surface area contributed by atoms with Gasteiger partial charge in [0.2, 0.25) is 0 Å². The fourth-order valence-corrected chi connectivity index (χ4v) is 8.64. The molecule has 35 heavy (non-hydrogen) atoms. The van der Waals surface area contributed by atoms with Gasteiger partial charge in [-0.05, 0) is 97.5 Å². The minimum absolute atomic E-state index is 0.00193. The molecule has 4 aliphatic rings. The predicted molar refractivity (Wildman–Crippen MR) is 138 cm³/mol. The fraction of sp³-hybridized carbons (Fsp3) is 0.613. The highest BCUT2D eigenvalue weighted by Gasteiger charge is 2.65. The molecule has 0 aromatic heterocycles. The van der Waals surface area contributed by atoms with Crippen molar-refractivity contribution in [2.75, 3.05) is 27.4 Å². The normalized spacial score (nSPS) is 38.0. The Morgan fingerprint density at radius 1 is 1.11 bits per heavy atom. The highest BCUT2D eigenvalue weighted by Crippen LogP contribution is 2.68. The van der Waals surface area contributed by atoms with Crippen LogP contribution in [0, 0.1) is 29.1 Å². The monoisotopic (exact) mass is 476 g/mol. The first-order valence-electron chi connectivity index (χ1n) is 13.4. The summed E-state index contributed by atoms with van der Waals surface area (Å²) < 4.78 is 12.1. The summed E-state index contributed by atoms with van der Waals surface area (Å²) in [7, 11) is 3.68. The maximum atomic E-state index is 12.3. The lowest BCUT2D eigenvalue weighted by Gasteiger charge is -2.59. The number of aliphatic hydroxyl groups is 1. The first-order valence-corrected chi connectivity index (χ1v) is 13.4. The summed E-state index contributed by atoms with van der Waals surface area (Å²) in [6.07, 6.45) is 12.8. The van der Waals surface area contributed by atoms with Crippen molar-refractivity contribution < 1.29 is 19.4 Å². The molecule has 0 radical (unpaired) electrons. The van der Waals surface area contributed by atoms with Crippen molar-refractivity contribution in [3.05, 3.63) is 58.8 Å². The Kier molecular flexibility index (Phi) is 6.94. The number of carbonyl (C=O) groups excluding carboxylic acids is 1. The molecule has 1 N–H and O–H groups in total. The Bertz CT molecular complexity index is 1030. The molecule has 3 saturated carbocycles. The van der Waals surface area contributed by atoms with Crippen molar-refractivity contribution in [2.45, 2.75) is 63.4 Å². The molecule has 4 nitrogen and oxygen atoms in total. The molecule has 4 unspecified atom stereocenters. The topological polar surface area (TPSA) is 55.8 Å². The van der Waals surface area contributed by atoms with Crippen LogP contribution in [0.15, 0.2) is 47.7 Å². The van der Waals surface area contributed by atoms with Crippen LogP contribution in [0.1, 0.15) is 68.9 Å². The van der Waals surface area contributed by atoms with Gasteiger partial charge >= 0.3 is 0 Å². The van der Waals surface area contributed by atoms with Gasteiger partial charge in [0, 0.05) is 26.1 Å². The second-order valence-electron chi connectivity index (χ2n) is 11.5. The SMILES string of the molecule is COC[C@]1(OC)CCC2C3CCC4=CC(=O)CCC4C3[C@@H](c3ccc(C=C=CCO)cc3)C[C@@]21C. The second kappa shape index (κ2) is 9.82. The second-order valence-corrected chi connectivity index (χ2v) is 11.5. The first kappa shape index (κ1) is 24.7. The van der Waals surface area contributed by atoms with Crippen LogP contribution in [0.3, 0.4) is 0 Å².